The van der Waals surface area contributed by atoms with E-state index in [9.17, 15) is 0 Å². The van der Waals surface area contributed by atoms with Crippen LogP contribution in [0.2, 0.25) is 0 Å². The average Bonchev–Trinajstić information content (AvgIpc) is 2.60. The van der Waals surface area contributed by atoms with Gasteiger partial charge in [0, 0.05) is 31.5 Å². The zero-order valence-electron chi connectivity index (χ0n) is 10.5. The van der Waals surface area contributed by atoms with Crippen LogP contribution in [0.3, 0.4) is 0 Å². The quantitative estimate of drug-likeness (QED) is 0.628. The molecule has 0 fully saturated rings. The van der Waals surface area contributed by atoms with Gasteiger partial charge < -0.3 is 10.1 Å². The zero-order chi connectivity index (χ0) is 11.9. The van der Waals surface area contributed by atoms with E-state index >= 15 is 0 Å². The summed E-state index contributed by atoms with van der Waals surface area (Å²) in [6.45, 7) is 1.71. The van der Waals surface area contributed by atoms with Crippen LogP contribution in [-0.4, -0.2) is 30.2 Å². The maximum absolute atomic E-state index is 5.04. The van der Waals surface area contributed by atoms with Gasteiger partial charge in [-0.3, -0.25) is 0 Å². The molecule has 1 N–H and O–H groups in total. The minimum atomic E-state index is 0.792. The molecule has 94 valence electrons. The summed E-state index contributed by atoms with van der Waals surface area (Å²) in [5.41, 5.74) is 2.58. The monoisotopic (exact) mass is 235 g/mol. The first-order valence-corrected chi connectivity index (χ1v) is 6.47. The van der Waals surface area contributed by atoms with E-state index < -0.39 is 0 Å². The predicted molar refractivity (Wildman–Crippen MR) is 68.3 cm³/mol. The highest BCUT2D eigenvalue weighted by Crippen LogP contribution is 2.23. The SMILES string of the molecule is COCCCNc1ncnc2c1CCCCC2. The third-order valence-corrected chi connectivity index (χ3v) is 3.19. The van der Waals surface area contributed by atoms with E-state index in [1.807, 2.05) is 0 Å². The third-order valence-electron chi connectivity index (χ3n) is 3.19. The van der Waals surface area contributed by atoms with Crippen molar-refractivity contribution in [1.82, 2.24) is 9.97 Å². The Labute approximate surface area is 103 Å². The second-order valence-corrected chi connectivity index (χ2v) is 4.48. The normalized spacial score (nSPS) is 15.1. The fraction of sp³-hybridized carbons (Fsp3) is 0.692. The average molecular weight is 235 g/mol. The number of hydrogen-bond donors (Lipinski definition) is 1. The number of ether oxygens (including phenoxy) is 1. The van der Waals surface area contributed by atoms with Gasteiger partial charge in [-0.1, -0.05) is 6.42 Å². The molecule has 0 saturated carbocycles. The highest BCUT2D eigenvalue weighted by Gasteiger charge is 2.13. The molecule has 0 atom stereocenters. The van der Waals surface area contributed by atoms with Gasteiger partial charge in [-0.05, 0) is 32.1 Å². The van der Waals surface area contributed by atoms with E-state index in [0.717, 1.165) is 38.2 Å². The molecule has 1 aromatic heterocycles. The van der Waals surface area contributed by atoms with Crippen molar-refractivity contribution in [3.05, 3.63) is 17.6 Å². The molecule has 1 aliphatic rings. The lowest BCUT2D eigenvalue weighted by atomic mass is 10.1. The fourth-order valence-corrected chi connectivity index (χ4v) is 2.27. The second-order valence-electron chi connectivity index (χ2n) is 4.48. The van der Waals surface area contributed by atoms with Crippen LogP contribution in [0.5, 0.6) is 0 Å². The van der Waals surface area contributed by atoms with Crippen LogP contribution in [0.25, 0.3) is 0 Å². The fourth-order valence-electron chi connectivity index (χ4n) is 2.27. The summed E-state index contributed by atoms with van der Waals surface area (Å²) in [5.74, 6) is 1.04. The molecule has 1 aromatic rings. The number of rotatable bonds is 5. The van der Waals surface area contributed by atoms with Crippen LogP contribution < -0.4 is 5.32 Å². The Morgan fingerprint density at radius 2 is 2.12 bits per heavy atom. The molecular weight excluding hydrogens is 214 g/mol. The number of aryl methyl sites for hydroxylation is 1. The topological polar surface area (TPSA) is 47.0 Å². The molecule has 17 heavy (non-hydrogen) atoms. The maximum atomic E-state index is 5.04. The van der Waals surface area contributed by atoms with Gasteiger partial charge >= 0.3 is 0 Å². The van der Waals surface area contributed by atoms with Crippen LogP contribution in [0.15, 0.2) is 6.33 Å². The lowest BCUT2D eigenvalue weighted by Gasteiger charge is -2.12. The summed E-state index contributed by atoms with van der Waals surface area (Å²) in [6.07, 6.45) is 8.73. The Morgan fingerprint density at radius 3 is 3.00 bits per heavy atom. The zero-order valence-corrected chi connectivity index (χ0v) is 10.5. The van der Waals surface area contributed by atoms with Gasteiger partial charge in [-0.25, -0.2) is 9.97 Å². The molecule has 0 aromatic carbocycles. The van der Waals surface area contributed by atoms with E-state index in [2.05, 4.69) is 15.3 Å². The van der Waals surface area contributed by atoms with Gasteiger partial charge in [0.15, 0.2) is 0 Å². The van der Waals surface area contributed by atoms with Crippen molar-refractivity contribution in [2.24, 2.45) is 0 Å². The first kappa shape index (κ1) is 12.3. The van der Waals surface area contributed by atoms with Crippen molar-refractivity contribution in [1.29, 1.82) is 0 Å². The van der Waals surface area contributed by atoms with E-state index in [1.54, 1.807) is 13.4 Å². The van der Waals surface area contributed by atoms with Crippen LogP contribution in [0.1, 0.15) is 36.9 Å². The number of aromatic nitrogens is 2. The Hall–Kier alpha value is -1.16. The lowest BCUT2D eigenvalue weighted by Crippen LogP contribution is -2.10. The number of hydrogen-bond acceptors (Lipinski definition) is 4. The van der Waals surface area contributed by atoms with Crippen molar-refractivity contribution < 1.29 is 4.74 Å². The molecule has 0 bridgehead atoms. The Bertz CT molecular complexity index is 355. The van der Waals surface area contributed by atoms with E-state index in [1.165, 1.54) is 30.5 Å². The predicted octanol–water partition coefficient (Wildman–Crippen LogP) is 2.19. The van der Waals surface area contributed by atoms with Crippen LogP contribution in [0, 0.1) is 0 Å². The molecule has 0 radical (unpaired) electrons. The van der Waals surface area contributed by atoms with Crippen LogP contribution in [-0.2, 0) is 17.6 Å². The largest absolute Gasteiger partial charge is 0.385 e. The molecular formula is C13H21N3O. The number of nitrogens with one attached hydrogen (secondary N) is 1. The number of methoxy groups -OCH3 is 1. The maximum Gasteiger partial charge on any atom is 0.132 e. The van der Waals surface area contributed by atoms with Crippen molar-refractivity contribution in [2.75, 3.05) is 25.6 Å². The van der Waals surface area contributed by atoms with Crippen LogP contribution >= 0.6 is 0 Å². The summed E-state index contributed by atoms with van der Waals surface area (Å²) < 4.78 is 5.04. The molecule has 1 heterocycles. The summed E-state index contributed by atoms with van der Waals surface area (Å²) >= 11 is 0. The standard InChI is InChI=1S/C13H21N3O/c1-17-9-5-8-14-13-11-6-3-2-4-7-12(11)15-10-16-13/h10H,2-9H2,1H3,(H,14,15,16). The summed E-state index contributed by atoms with van der Waals surface area (Å²) in [6, 6.07) is 0. The molecule has 0 spiro atoms. The molecule has 0 aliphatic heterocycles. The van der Waals surface area contributed by atoms with Gasteiger partial charge in [-0.15, -0.1) is 0 Å². The lowest BCUT2D eigenvalue weighted by molar-refractivity contribution is 0.197. The molecule has 0 unspecified atom stereocenters. The molecule has 0 saturated heterocycles. The molecule has 2 rings (SSSR count). The summed E-state index contributed by atoms with van der Waals surface area (Å²) in [5, 5.41) is 3.40. The Morgan fingerprint density at radius 1 is 1.24 bits per heavy atom. The summed E-state index contributed by atoms with van der Waals surface area (Å²) in [4.78, 5) is 8.78. The smallest absolute Gasteiger partial charge is 0.132 e. The Kier molecular flexibility index (Phi) is 4.74. The molecule has 0 amide bonds. The van der Waals surface area contributed by atoms with Gasteiger partial charge in [0.2, 0.25) is 0 Å². The van der Waals surface area contributed by atoms with Gasteiger partial charge in [-0.2, -0.15) is 0 Å². The third kappa shape index (κ3) is 3.40. The number of anilines is 1. The second kappa shape index (κ2) is 6.55. The minimum absolute atomic E-state index is 0.792. The minimum Gasteiger partial charge on any atom is -0.385 e. The van der Waals surface area contributed by atoms with E-state index in [0.29, 0.717) is 0 Å². The first-order chi connectivity index (χ1) is 8.42. The number of fused-ring (bicyclic) bond motifs is 1. The highest BCUT2D eigenvalue weighted by molar-refractivity contribution is 5.46. The molecule has 4 heteroatoms. The van der Waals surface area contributed by atoms with Crippen molar-refractivity contribution in [2.45, 2.75) is 38.5 Å². The van der Waals surface area contributed by atoms with Crippen molar-refractivity contribution in [3.8, 4) is 0 Å². The van der Waals surface area contributed by atoms with E-state index in [-0.39, 0.29) is 0 Å². The number of nitrogens with zero attached hydrogens (tertiary/aromatic N) is 2. The van der Waals surface area contributed by atoms with Crippen LogP contribution in [0.4, 0.5) is 5.82 Å². The van der Waals surface area contributed by atoms with E-state index in [4.69, 9.17) is 4.74 Å². The van der Waals surface area contributed by atoms with Gasteiger partial charge in [0.05, 0.1) is 0 Å². The highest BCUT2D eigenvalue weighted by atomic mass is 16.5. The van der Waals surface area contributed by atoms with Crippen molar-refractivity contribution >= 4 is 5.82 Å². The molecule has 1 aliphatic carbocycles. The molecule has 4 nitrogen and oxygen atoms in total. The first-order valence-electron chi connectivity index (χ1n) is 6.47. The van der Waals surface area contributed by atoms with Gasteiger partial charge in [0.1, 0.15) is 12.1 Å². The van der Waals surface area contributed by atoms with Crippen molar-refractivity contribution in [3.63, 3.8) is 0 Å². The Balaban J connectivity index is 2.01. The van der Waals surface area contributed by atoms with Gasteiger partial charge in [0.25, 0.3) is 0 Å². The summed E-state index contributed by atoms with van der Waals surface area (Å²) in [7, 11) is 1.73.